The molecule has 0 saturated carbocycles. The van der Waals surface area contributed by atoms with Gasteiger partial charge in [0.1, 0.15) is 18.0 Å². The minimum Gasteiger partial charge on any atom is -0.379 e. The standard InChI is InChI=1S/C13H14F2N2OS/c14-5-11-9-6-19-12(16)17-13(9,7-18-11)8-3-1-2-4-10(8)15/h1-4,9,11H,5-7H2,(H2,16,17). The van der Waals surface area contributed by atoms with Gasteiger partial charge in [0.15, 0.2) is 5.17 Å². The SMILES string of the molecule is NC1=NC2(c3ccccc3F)COC(CF)C2CS1. The average molecular weight is 284 g/mol. The highest BCUT2D eigenvalue weighted by atomic mass is 32.2. The Hall–Kier alpha value is -1.14. The highest BCUT2D eigenvalue weighted by Crippen LogP contribution is 2.47. The summed E-state index contributed by atoms with van der Waals surface area (Å²) in [7, 11) is 0. The monoisotopic (exact) mass is 284 g/mol. The number of nitrogens with two attached hydrogens (primary N) is 1. The topological polar surface area (TPSA) is 47.6 Å². The zero-order valence-electron chi connectivity index (χ0n) is 10.2. The van der Waals surface area contributed by atoms with Crippen LogP contribution in [0.25, 0.3) is 0 Å². The molecule has 0 spiro atoms. The third-order valence-corrected chi connectivity index (χ3v) is 4.71. The largest absolute Gasteiger partial charge is 0.379 e. The number of ether oxygens (including phenoxy) is 1. The molecule has 3 atom stereocenters. The maximum atomic E-state index is 14.1. The van der Waals surface area contributed by atoms with Crippen molar-refractivity contribution >= 4 is 16.9 Å². The summed E-state index contributed by atoms with van der Waals surface area (Å²) in [6.45, 7) is -0.411. The summed E-state index contributed by atoms with van der Waals surface area (Å²) >= 11 is 1.37. The molecule has 0 radical (unpaired) electrons. The molecule has 1 aromatic rings. The molecular formula is C13H14F2N2OS. The Kier molecular flexibility index (Phi) is 3.22. The van der Waals surface area contributed by atoms with Crippen molar-refractivity contribution in [1.29, 1.82) is 0 Å². The fourth-order valence-corrected chi connectivity index (χ4v) is 3.90. The van der Waals surface area contributed by atoms with Gasteiger partial charge in [-0.2, -0.15) is 0 Å². The first kappa shape index (κ1) is 12.9. The lowest BCUT2D eigenvalue weighted by atomic mass is 9.79. The first-order valence-corrected chi connectivity index (χ1v) is 7.06. The van der Waals surface area contributed by atoms with Crippen LogP contribution in [-0.4, -0.2) is 30.3 Å². The Morgan fingerprint density at radius 1 is 1.47 bits per heavy atom. The predicted octanol–water partition coefficient (Wildman–Crippen LogP) is 2.07. The van der Waals surface area contributed by atoms with Crippen LogP contribution in [-0.2, 0) is 10.3 Å². The molecule has 102 valence electrons. The molecule has 1 fully saturated rings. The second-order valence-electron chi connectivity index (χ2n) is 4.78. The molecule has 1 aromatic carbocycles. The Morgan fingerprint density at radius 2 is 2.26 bits per heavy atom. The first-order chi connectivity index (χ1) is 9.17. The summed E-state index contributed by atoms with van der Waals surface area (Å²) in [6, 6.07) is 6.44. The van der Waals surface area contributed by atoms with Gasteiger partial charge in [-0.25, -0.2) is 13.8 Å². The van der Waals surface area contributed by atoms with Gasteiger partial charge in [-0.15, -0.1) is 0 Å². The zero-order chi connectivity index (χ0) is 13.5. The van der Waals surface area contributed by atoms with E-state index >= 15 is 0 Å². The highest BCUT2D eigenvalue weighted by Gasteiger charge is 2.53. The third kappa shape index (κ3) is 1.94. The van der Waals surface area contributed by atoms with Crippen molar-refractivity contribution in [2.45, 2.75) is 11.6 Å². The Bertz CT molecular complexity index is 525. The maximum Gasteiger partial charge on any atom is 0.154 e. The van der Waals surface area contributed by atoms with Crippen LogP contribution in [0.1, 0.15) is 5.56 Å². The van der Waals surface area contributed by atoms with Crippen molar-refractivity contribution in [3.8, 4) is 0 Å². The smallest absolute Gasteiger partial charge is 0.154 e. The van der Waals surface area contributed by atoms with Crippen molar-refractivity contribution in [1.82, 2.24) is 0 Å². The quantitative estimate of drug-likeness (QED) is 0.904. The summed E-state index contributed by atoms with van der Waals surface area (Å²) < 4.78 is 32.6. The summed E-state index contributed by atoms with van der Waals surface area (Å²) in [4.78, 5) is 4.43. The lowest BCUT2D eigenvalue weighted by molar-refractivity contribution is 0.0721. The second kappa shape index (κ2) is 4.76. The normalized spacial score (nSPS) is 33.9. The van der Waals surface area contributed by atoms with Crippen LogP contribution in [0.4, 0.5) is 8.78 Å². The molecule has 2 aliphatic rings. The molecule has 2 heterocycles. The van der Waals surface area contributed by atoms with Crippen LogP contribution in [0.2, 0.25) is 0 Å². The van der Waals surface area contributed by atoms with E-state index in [-0.39, 0.29) is 18.3 Å². The number of halogens is 2. The number of rotatable bonds is 2. The van der Waals surface area contributed by atoms with E-state index in [1.807, 2.05) is 0 Å². The van der Waals surface area contributed by atoms with Crippen LogP contribution in [0.3, 0.4) is 0 Å². The number of alkyl halides is 1. The molecule has 0 amide bonds. The molecular weight excluding hydrogens is 270 g/mol. The van der Waals surface area contributed by atoms with Crippen molar-refractivity contribution in [2.75, 3.05) is 19.0 Å². The molecule has 3 nitrogen and oxygen atoms in total. The number of benzene rings is 1. The van der Waals surface area contributed by atoms with E-state index in [0.717, 1.165) is 0 Å². The molecule has 0 aliphatic carbocycles. The van der Waals surface area contributed by atoms with Crippen molar-refractivity contribution in [3.05, 3.63) is 35.6 Å². The summed E-state index contributed by atoms with van der Waals surface area (Å²) in [5.41, 5.74) is 5.36. The van der Waals surface area contributed by atoms with Crippen LogP contribution in [0.5, 0.6) is 0 Å². The second-order valence-corrected chi connectivity index (χ2v) is 5.82. The molecule has 1 saturated heterocycles. The first-order valence-electron chi connectivity index (χ1n) is 6.08. The van der Waals surface area contributed by atoms with E-state index < -0.39 is 18.3 Å². The van der Waals surface area contributed by atoms with E-state index in [9.17, 15) is 8.78 Å². The molecule has 0 bridgehead atoms. The van der Waals surface area contributed by atoms with E-state index in [1.165, 1.54) is 17.8 Å². The van der Waals surface area contributed by atoms with Gasteiger partial charge in [-0.3, -0.25) is 0 Å². The lowest BCUT2D eigenvalue weighted by Crippen LogP contribution is -2.42. The van der Waals surface area contributed by atoms with Gasteiger partial charge in [-0.1, -0.05) is 30.0 Å². The third-order valence-electron chi connectivity index (χ3n) is 3.79. The molecule has 2 aliphatic heterocycles. The fourth-order valence-electron chi connectivity index (χ4n) is 2.83. The number of thioether (sulfide) groups is 1. The summed E-state index contributed by atoms with van der Waals surface area (Å²) in [6.07, 6.45) is -0.538. The zero-order valence-corrected chi connectivity index (χ0v) is 11.0. The van der Waals surface area contributed by atoms with Crippen LogP contribution in [0.15, 0.2) is 29.3 Å². The minimum atomic E-state index is -0.878. The number of hydrogen-bond donors (Lipinski definition) is 1. The Balaban J connectivity index is 2.13. The number of amidine groups is 1. The summed E-state index contributed by atoms with van der Waals surface area (Å²) in [5.74, 6) is 0.0592. The molecule has 3 unspecified atom stereocenters. The van der Waals surface area contributed by atoms with E-state index in [4.69, 9.17) is 10.5 Å². The fraction of sp³-hybridized carbons (Fsp3) is 0.462. The predicted molar refractivity (Wildman–Crippen MR) is 71.4 cm³/mol. The number of nitrogens with zero attached hydrogens (tertiary/aromatic N) is 1. The van der Waals surface area contributed by atoms with Gasteiger partial charge < -0.3 is 10.5 Å². The van der Waals surface area contributed by atoms with Crippen molar-refractivity contribution in [3.63, 3.8) is 0 Å². The van der Waals surface area contributed by atoms with E-state index in [0.29, 0.717) is 16.5 Å². The molecule has 2 N–H and O–H groups in total. The van der Waals surface area contributed by atoms with Gasteiger partial charge in [0.05, 0.1) is 12.7 Å². The number of hydrogen-bond acceptors (Lipinski definition) is 4. The highest BCUT2D eigenvalue weighted by molar-refractivity contribution is 8.13. The van der Waals surface area contributed by atoms with Crippen molar-refractivity contribution < 1.29 is 13.5 Å². The van der Waals surface area contributed by atoms with Gasteiger partial charge in [0.25, 0.3) is 0 Å². The molecule has 6 heteroatoms. The van der Waals surface area contributed by atoms with Gasteiger partial charge >= 0.3 is 0 Å². The number of fused-ring (bicyclic) bond motifs is 1. The van der Waals surface area contributed by atoms with Crippen LogP contribution >= 0.6 is 11.8 Å². The minimum absolute atomic E-state index is 0.175. The Morgan fingerprint density at radius 3 is 3.00 bits per heavy atom. The van der Waals surface area contributed by atoms with Gasteiger partial charge in [0.2, 0.25) is 0 Å². The Labute approximate surface area is 114 Å². The van der Waals surface area contributed by atoms with Crippen LogP contribution in [0, 0.1) is 11.7 Å². The number of aliphatic imine (C=N–C) groups is 1. The van der Waals surface area contributed by atoms with Gasteiger partial charge in [-0.05, 0) is 6.07 Å². The summed E-state index contributed by atoms with van der Waals surface area (Å²) in [5, 5.41) is 0.405. The van der Waals surface area contributed by atoms with Crippen LogP contribution < -0.4 is 5.73 Å². The molecule has 19 heavy (non-hydrogen) atoms. The average Bonchev–Trinajstić information content (AvgIpc) is 2.77. The van der Waals surface area contributed by atoms with Gasteiger partial charge in [0, 0.05) is 17.2 Å². The lowest BCUT2D eigenvalue weighted by Gasteiger charge is -2.35. The molecule has 3 rings (SSSR count). The van der Waals surface area contributed by atoms with Crippen molar-refractivity contribution in [2.24, 2.45) is 16.6 Å². The van der Waals surface area contributed by atoms with E-state index in [2.05, 4.69) is 4.99 Å². The molecule has 0 aromatic heterocycles. The maximum absolute atomic E-state index is 14.1. The van der Waals surface area contributed by atoms with E-state index in [1.54, 1.807) is 18.2 Å².